The standard InChI is InChI=1S/C31H45N3O3S/c1-21-26(28(35)32-25-18-37-19-25)17-27(22-14-23(29(2,3)4)16-24(15-22)30(5,6)7)34(21)38(36)33-13-12-31(20-33)10-8-9-11-31/h14-17,25H,8-13,18-20H2,1-7H3,(H,32,35). The number of benzene rings is 1. The maximum absolute atomic E-state index is 14.3. The first-order valence-electron chi connectivity index (χ1n) is 14.2. The van der Waals surface area contributed by atoms with E-state index in [2.05, 4.69) is 69.4 Å². The Bertz CT molecular complexity index is 1160. The van der Waals surface area contributed by atoms with Crippen LogP contribution in [0.25, 0.3) is 11.3 Å². The fourth-order valence-corrected chi connectivity index (χ4v) is 7.64. The Kier molecular flexibility index (Phi) is 7.30. The number of carbonyl (C=O) groups is 1. The van der Waals surface area contributed by atoms with Gasteiger partial charge in [0.05, 0.1) is 37.1 Å². The maximum Gasteiger partial charge on any atom is 0.253 e. The Labute approximate surface area is 232 Å². The highest BCUT2D eigenvalue weighted by molar-refractivity contribution is 7.87. The van der Waals surface area contributed by atoms with Crippen LogP contribution < -0.4 is 5.32 Å². The molecule has 1 atom stereocenters. The van der Waals surface area contributed by atoms with E-state index >= 15 is 0 Å². The summed E-state index contributed by atoms with van der Waals surface area (Å²) < 4.78 is 23.7. The number of aromatic nitrogens is 1. The molecule has 2 aliphatic heterocycles. The molecular formula is C31H45N3O3S. The van der Waals surface area contributed by atoms with Gasteiger partial charge in [0.2, 0.25) is 0 Å². The van der Waals surface area contributed by atoms with Crippen LogP contribution in [0.2, 0.25) is 0 Å². The molecule has 2 saturated heterocycles. The number of nitrogens with zero attached hydrogens (tertiary/aromatic N) is 2. The van der Waals surface area contributed by atoms with E-state index in [-0.39, 0.29) is 22.8 Å². The average Bonchev–Trinajstić information content (AvgIpc) is 3.54. The Hall–Kier alpha value is -1.80. The first-order valence-corrected chi connectivity index (χ1v) is 15.3. The Morgan fingerprint density at radius 1 is 1.00 bits per heavy atom. The van der Waals surface area contributed by atoms with E-state index in [0.717, 1.165) is 36.5 Å². The predicted octanol–water partition coefficient (Wildman–Crippen LogP) is 5.88. The zero-order valence-corrected chi connectivity index (χ0v) is 25.1. The van der Waals surface area contributed by atoms with Gasteiger partial charge >= 0.3 is 0 Å². The van der Waals surface area contributed by atoms with Gasteiger partial charge in [-0.3, -0.25) is 4.79 Å². The fourth-order valence-electron chi connectivity index (χ4n) is 6.12. The SMILES string of the molecule is Cc1c(C(=O)NC2COC2)cc(-c2cc(C(C)(C)C)cc(C(C)(C)C)c2)n1[S+]([O-])N1CCC2(CCCC2)C1. The van der Waals surface area contributed by atoms with Crippen LogP contribution in [-0.2, 0) is 27.1 Å². The normalized spacial score (nSPS) is 21.2. The lowest BCUT2D eigenvalue weighted by Crippen LogP contribution is -2.48. The van der Waals surface area contributed by atoms with E-state index < -0.39 is 11.5 Å². The molecule has 1 aliphatic carbocycles. The Balaban J connectivity index is 1.61. The minimum Gasteiger partial charge on any atom is -0.573 e. The van der Waals surface area contributed by atoms with Gasteiger partial charge in [0.15, 0.2) is 11.5 Å². The van der Waals surface area contributed by atoms with Crippen LogP contribution in [0, 0.1) is 12.3 Å². The Morgan fingerprint density at radius 3 is 2.13 bits per heavy atom. The lowest BCUT2D eigenvalue weighted by Gasteiger charge is -2.27. The number of ether oxygens (including phenoxy) is 1. The smallest absolute Gasteiger partial charge is 0.253 e. The molecule has 3 fully saturated rings. The van der Waals surface area contributed by atoms with Gasteiger partial charge < -0.3 is 14.6 Å². The number of amides is 1. The molecule has 1 saturated carbocycles. The van der Waals surface area contributed by atoms with Crippen molar-refractivity contribution in [2.75, 3.05) is 26.3 Å². The number of hydrogen-bond donors (Lipinski definition) is 1. The van der Waals surface area contributed by atoms with E-state index in [0.29, 0.717) is 24.2 Å². The first kappa shape index (κ1) is 27.8. The van der Waals surface area contributed by atoms with E-state index in [1.54, 1.807) is 0 Å². The minimum atomic E-state index is -1.41. The average molecular weight is 540 g/mol. The lowest BCUT2D eigenvalue weighted by atomic mass is 9.79. The molecule has 1 aromatic heterocycles. The van der Waals surface area contributed by atoms with Crippen molar-refractivity contribution < 1.29 is 14.1 Å². The van der Waals surface area contributed by atoms with Gasteiger partial charge in [-0.05, 0) is 71.8 Å². The van der Waals surface area contributed by atoms with Crippen molar-refractivity contribution >= 4 is 17.5 Å². The van der Waals surface area contributed by atoms with Crippen molar-refractivity contribution in [1.29, 1.82) is 0 Å². The third-order valence-corrected chi connectivity index (χ3v) is 10.4. The second-order valence-electron chi connectivity index (χ2n) is 13.9. The molecule has 0 bridgehead atoms. The second kappa shape index (κ2) is 9.99. The van der Waals surface area contributed by atoms with Crippen LogP contribution in [-0.4, -0.2) is 51.1 Å². The summed E-state index contributed by atoms with van der Waals surface area (Å²) in [6.07, 6.45) is 6.13. The zero-order chi connectivity index (χ0) is 27.5. The van der Waals surface area contributed by atoms with Crippen molar-refractivity contribution in [3.63, 3.8) is 0 Å². The first-order chi connectivity index (χ1) is 17.8. The number of nitrogens with one attached hydrogen (secondary N) is 1. The van der Waals surface area contributed by atoms with Gasteiger partial charge in [0, 0.05) is 12.1 Å². The van der Waals surface area contributed by atoms with Crippen molar-refractivity contribution in [3.8, 4) is 11.3 Å². The lowest BCUT2D eigenvalue weighted by molar-refractivity contribution is -0.00347. The van der Waals surface area contributed by atoms with Crippen molar-refractivity contribution in [2.24, 2.45) is 5.41 Å². The summed E-state index contributed by atoms with van der Waals surface area (Å²) in [5, 5.41) is 3.10. The highest BCUT2D eigenvalue weighted by Crippen LogP contribution is 2.46. The van der Waals surface area contributed by atoms with Crippen LogP contribution in [0.1, 0.15) is 101 Å². The van der Waals surface area contributed by atoms with E-state index in [9.17, 15) is 9.35 Å². The highest BCUT2D eigenvalue weighted by atomic mass is 32.2. The zero-order valence-electron chi connectivity index (χ0n) is 24.3. The number of carbonyl (C=O) groups excluding carboxylic acids is 1. The molecule has 1 unspecified atom stereocenters. The predicted molar refractivity (Wildman–Crippen MR) is 155 cm³/mol. The maximum atomic E-state index is 14.3. The molecule has 38 heavy (non-hydrogen) atoms. The van der Waals surface area contributed by atoms with E-state index in [1.165, 1.54) is 36.8 Å². The van der Waals surface area contributed by atoms with Crippen LogP contribution in [0.3, 0.4) is 0 Å². The molecule has 0 radical (unpaired) electrons. The van der Waals surface area contributed by atoms with E-state index in [1.807, 2.05) is 17.0 Å². The summed E-state index contributed by atoms with van der Waals surface area (Å²) in [5.41, 5.74) is 5.90. The molecule has 1 spiro atoms. The summed E-state index contributed by atoms with van der Waals surface area (Å²) in [6.45, 7) is 18.1. The topological polar surface area (TPSA) is 69.6 Å². The molecule has 1 aromatic carbocycles. The van der Waals surface area contributed by atoms with Gasteiger partial charge in [0.1, 0.15) is 5.69 Å². The molecule has 208 valence electrons. The minimum absolute atomic E-state index is 0.0386. The van der Waals surface area contributed by atoms with Crippen molar-refractivity contribution in [3.05, 3.63) is 46.6 Å². The third-order valence-electron chi connectivity index (χ3n) is 8.82. The molecule has 2 aromatic rings. The molecule has 5 rings (SSSR count). The van der Waals surface area contributed by atoms with Gasteiger partial charge in [-0.1, -0.05) is 60.5 Å². The molecule has 6 nitrogen and oxygen atoms in total. The van der Waals surface area contributed by atoms with E-state index in [4.69, 9.17) is 4.74 Å². The molecular weight excluding hydrogens is 494 g/mol. The van der Waals surface area contributed by atoms with Crippen LogP contribution in [0.5, 0.6) is 0 Å². The summed E-state index contributed by atoms with van der Waals surface area (Å²) in [6, 6.07) is 8.74. The quantitative estimate of drug-likeness (QED) is 0.482. The van der Waals surface area contributed by atoms with Crippen LogP contribution in [0.15, 0.2) is 24.3 Å². The summed E-state index contributed by atoms with van der Waals surface area (Å²) in [5.74, 6) is -0.121. The molecule has 1 N–H and O–H groups in total. The van der Waals surface area contributed by atoms with Crippen molar-refractivity contribution in [2.45, 2.75) is 97.4 Å². The Morgan fingerprint density at radius 2 is 1.61 bits per heavy atom. The largest absolute Gasteiger partial charge is 0.573 e. The van der Waals surface area contributed by atoms with Crippen LogP contribution in [0.4, 0.5) is 0 Å². The highest BCUT2D eigenvalue weighted by Gasteiger charge is 2.46. The van der Waals surface area contributed by atoms with Gasteiger partial charge in [0.25, 0.3) is 5.91 Å². The fraction of sp³-hybridized carbons (Fsp3) is 0.645. The van der Waals surface area contributed by atoms with Crippen LogP contribution >= 0.6 is 0 Å². The second-order valence-corrected chi connectivity index (χ2v) is 15.2. The monoisotopic (exact) mass is 539 g/mol. The molecule has 1 amide bonds. The van der Waals surface area contributed by atoms with Gasteiger partial charge in [-0.2, -0.15) is 0 Å². The van der Waals surface area contributed by atoms with Gasteiger partial charge in [-0.15, -0.1) is 8.28 Å². The van der Waals surface area contributed by atoms with Gasteiger partial charge in [-0.25, -0.2) is 0 Å². The summed E-state index contributed by atoms with van der Waals surface area (Å²) in [7, 11) is 0. The molecule has 7 heteroatoms. The molecule has 3 aliphatic rings. The molecule has 3 heterocycles. The number of rotatable bonds is 5. The number of hydrogen-bond acceptors (Lipinski definition) is 4. The third kappa shape index (κ3) is 5.32. The van der Waals surface area contributed by atoms with Crippen molar-refractivity contribution in [1.82, 2.24) is 13.6 Å². The summed E-state index contributed by atoms with van der Waals surface area (Å²) >= 11 is -1.41. The summed E-state index contributed by atoms with van der Waals surface area (Å²) in [4.78, 5) is 13.4.